The topological polar surface area (TPSA) is 110 Å². The molecule has 2 aromatic heterocycles. The molecule has 5 rings (SSSR count). The monoisotopic (exact) mass is 424 g/mol. The van der Waals surface area contributed by atoms with Crippen LogP contribution in [0, 0.1) is 23.1 Å². The predicted octanol–water partition coefficient (Wildman–Crippen LogP) is 2.82. The normalized spacial score (nSPS) is 24.3. The summed E-state index contributed by atoms with van der Waals surface area (Å²) in [5.74, 6) is -1.42. The van der Waals surface area contributed by atoms with E-state index in [0.717, 1.165) is 6.07 Å². The van der Waals surface area contributed by atoms with Gasteiger partial charge in [0, 0.05) is 24.1 Å². The number of hydrogen-bond acceptors (Lipinski definition) is 7. The second-order valence-corrected chi connectivity index (χ2v) is 7.59. The number of nitrogens with two attached hydrogens (primary N) is 1. The van der Waals surface area contributed by atoms with Crippen molar-refractivity contribution in [3.8, 4) is 6.07 Å². The number of nitriles is 1. The fraction of sp³-hybridized carbons (Fsp3) is 0.286. The molecular formula is C21H15F3N6O. The minimum Gasteiger partial charge on any atom is -0.462 e. The lowest BCUT2D eigenvalue weighted by atomic mass is 9.83. The van der Waals surface area contributed by atoms with Gasteiger partial charge in [-0.05, 0) is 30.2 Å². The van der Waals surface area contributed by atoms with Crippen molar-refractivity contribution in [2.24, 2.45) is 16.6 Å². The Morgan fingerprint density at radius 2 is 2.10 bits per heavy atom. The van der Waals surface area contributed by atoms with Gasteiger partial charge in [0.15, 0.2) is 5.54 Å². The van der Waals surface area contributed by atoms with Gasteiger partial charge in [-0.1, -0.05) is 6.07 Å². The average molecular weight is 424 g/mol. The number of amidine groups is 1. The van der Waals surface area contributed by atoms with Gasteiger partial charge in [0.05, 0.1) is 16.8 Å². The molecule has 1 saturated carbocycles. The first kappa shape index (κ1) is 19.2. The lowest BCUT2D eigenvalue weighted by Gasteiger charge is -2.33. The van der Waals surface area contributed by atoms with Crippen LogP contribution in [-0.4, -0.2) is 33.5 Å². The second-order valence-electron chi connectivity index (χ2n) is 7.59. The lowest BCUT2D eigenvalue weighted by molar-refractivity contribution is 0.0176. The average Bonchev–Trinajstić information content (AvgIpc) is 3.53. The van der Waals surface area contributed by atoms with Gasteiger partial charge in [-0.3, -0.25) is 4.98 Å². The Labute approximate surface area is 174 Å². The standard InChI is InChI=1S/C21H15F3N6O/c22-14-2-1-10(4-15-18-16(29-9-28-15)5-11(7-25)8-27-18)3-12(14)21(19(23)24)13-6-17(13)31-20(26)30-21/h1-3,5,8-9,13,17,19H,4,6H2,(H2,26,30)/t13-,17+,21+/m0/s1. The molecule has 3 heterocycles. The highest BCUT2D eigenvalue weighted by molar-refractivity contribution is 5.77. The molecule has 1 aliphatic carbocycles. The molecule has 1 fully saturated rings. The van der Waals surface area contributed by atoms with Crippen LogP contribution in [-0.2, 0) is 16.7 Å². The summed E-state index contributed by atoms with van der Waals surface area (Å²) in [6.45, 7) is 0. The van der Waals surface area contributed by atoms with E-state index in [4.69, 9.17) is 15.7 Å². The maximum absolute atomic E-state index is 14.8. The summed E-state index contributed by atoms with van der Waals surface area (Å²) in [5.41, 5.74) is 5.73. The van der Waals surface area contributed by atoms with Gasteiger partial charge in [0.25, 0.3) is 12.4 Å². The molecule has 0 bridgehead atoms. The van der Waals surface area contributed by atoms with Crippen molar-refractivity contribution in [1.29, 1.82) is 5.26 Å². The van der Waals surface area contributed by atoms with Crippen LogP contribution in [0.15, 0.2) is 41.8 Å². The highest BCUT2D eigenvalue weighted by Gasteiger charge is 2.64. The number of benzene rings is 1. The Morgan fingerprint density at radius 3 is 2.87 bits per heavy atom. The summed E-state index contributed by atoms with van der Waals surface area (Å²) >= 11 is 0. The third-order valence-corrected chi connectivity index (χ3v) is 5.71. The molecule has 3 aromatic rings. The molecule has 0 spiro atoms. The maximum atomic E-state index is 14.8. The Balaban J connectivity index is 1.58. The van der Waals surface area contributed by atoms with Gasteiger partial charge < -0.3 is 10.5 Å². The molecule has 0 unspecified atom stereocenters. The molecule has 2 aliphatic rings. The summed E-state index contributed by atoms with van der Waals surface area (Å²) in [4.78, 5) is 16.5. The highest BCUT2D eigenvalue weighted by Crippen LogP contribution is 2.56. The minimum atomic E-state index is -2.96. The summed E-state index contributed by atoms with van der Waals surface area (Å²) in [5, 5.41) is 9.04. The molecule has 3 atom stereocenters. The van der Waals surface area contributed by atoms with Crippen LogP contribution in [0.5, 0.6) is 0 Å². The van der Waals surface area contributed by atoms with Crippen molar-refractivity contribution in [2.45, 2.75) is 30.9 Å². The summed E-state index contributed by atoms with van der Waals surface area (Å²) in [7, 11) is 0. The van der Waals surface area contributed by atoms with E-state index in [9.17, 15) is 13.2 Å². The summed E-state index contributed by atoms with van der Waals surface area (Å²) in [6.07, 6.45) is -0.165. The van der Waals surface area contributed by atoms with Gasteiger partial charge in [-0.2, -0.15) is 5.26 Å². The van der Waals surface area contributed by atoms with E-state index < -0.39 is 29.8 Å². The van der Waals surface area contributed by atoms with Gasteiger partial charge in [0.2, 0.25) is 0 Å². The van der Waals surface area contributed by atoms with Crippen LogP contribution in [0.3, 0.4) is 0 Å². The van der Waals surface area contributed by atoms with E-state index in [1.807, 2.05) is 6.07 Å². The molecule has 1 aromatic carbocycles. The molecule has 10 heteroatoms. The third-order valence-electron chi connectivity index (χ3n) is 5.71. The van der Waals surface area contributed by atoms with Crippen molar-refractivity contribution >= 4 is 17.1 Å². The van der Waals surface area contributed by atoms with E-state index in [1.165, 1.54) is 24.7 Å². The smallest absolute Gasteiger partial charge is 0.283 e. The highest BCUT2D eigenvalue weighted by atomic mass is 19.3. The van der Waals surface area contributed by atoms with Gasteiger partial charge >= 0.3 is 0 Å². The van der Waals surface area contributed by atoms with E-state index in [0.29, 0.717) is 34.3 Å². The number of rotatable bonds is 4. The van der Waals surface area contributed by atoms with E-state index in [-0.39, 0.29) is 18.0 Å². The van der Waals surface area contributed by atoms with Gasteiger partial charge in [-0.25, -0.2) is 28.1 Å². The van der Waals surface area contributed by atoms with E-state index in [2.05, 4.69) is 19.9 Å². The van der Waals surface area contributed by atoms with Crippen LogP contribution in [0.25, 0.3) is 11.0 Å². The second kappa shape index (κ2) is 6.91. The number of halogens is 3. The summed E-state index contributed by atoms with van der Waals surface area (Å²) in [6, 6.07) is 7.27. The number of alkyl halides is 2. The van der Waals surface area contributed by atoms with Crippen LogP contribution in [0.2, 0.25) is 0 Å². The molecule has 0 amide bonds. The van der Waals surface area contributed by atoms with Crippen LogP contribution in [0.4, 0.5) is 13.2 Å². The zero-order valence-electron chi connectivity index (χ0n) is 16.0. The SMILES string of the molecule is N#Cc1cnc2c(Cc3ccc(F)c([C@@]4(C(F)F)N=C(N)O[C@@H]5C[C@@H]54)c3)ncnc2c1. The number of nitrogens with zero attached hydrogens (tertiary/aromatic N) is 5. The quantitative estimate of drug-likeness (QED) is 0.690. The zero-order valence-corrected chi connectivity index (χ0v) is 16.0. The molecule has 0 saturated heterocycles. The van der Waals surface area contributed by atoms with Crippen LogP contribution in [0.1, 0.15) is 28.8 Å². The van der Waals surface area contributed by atoms with Crippen molar-refractivity contribution in [3.05, 3.63) is 65.0 Å². The van der Waals surface area contributed by atoms with E-state index >= 15 is 0 Å². The fourth-order valence-corrected chi connectivity index (χ4v) is 4.17. The number of pyridine rings is 1. The molecule has 7 nitrogen and oxygen atoms in total. The maximum Gasteiger partial charge on any atom is 0.283 e. The number of hydrogen-bond donors (Lipinski definition) is 1. The molecular weight excluding hydrogens is 409 g/mol. The summed E-state index contributed by atoms with van der Waals surface area (Å²) < 4.78 is 48.6. The minimum absolute atomic E-state index is 0.203. The number of ether oxygens (including phenoxy) is 1. The van der Waals surface area contributed by atoms with Crippen molar-refractivity contribution in [2.75, 3.05) is 0 Å². The lowest BCUT2D eigenvalue weighted by Crippen LogP contribution is -2.43. The van der Waals surface area contributed by atoms with Crippen LogP contribution >= 0.6 is 0 Å². The van der Waals surface area contributed by atoms with E-state index in [1.54, 1.807) is 6.07 Å². The molecule has 31 heavy (non-hydrogen) atoms. The fourth-order valence-electron chi connectivity index (χ4n) is 4.17. The third kappa shape index (κ3) is 3.04. The number of fused-ring (bicyclic) bond motifs is 2. The van der Waals surface area contributed by atoms with Crippen molar-refractivity contribution < 1.29 is 17.9 Å². The Kier molecular flexibility index (Phi) is 4.28. The van der Waals surface area contributed by atoms with Crippen LogP contribution < -0.4 is 5.73 Å². The van der Waals surface area contributed by atoms with Gasteiger partial charge in [-0.15, -0.1) is 0 Å². The number of aromatic nitrogens is 3. The number of aliphatic imine (C=N–C) groups is 1. The Bertz CT molecular complexity index is 1270. The zero-order chi connectivity index (χ0) is 21.8. The largest absolute Gasteiger partial charge is 0.462 e. The predicted molar refractivity (Wildman–Crippen MR) is 104 cm³/mol. The molecule has 1 aliphatic heterocycles. The first-order valence-corrected chi connectivity index (χ1v) is 9.51. The molecule has 2 N–H and O–H groups in total. The Morgan fingerprint density at radius 1 is 1.26 bits per heavy atom. The van der Waals surface area contributed by atoms with Gasteiger partial charge in [0.1, 0.15) is 29.8 Å². The molecule has 156 valence electrons. The first-order valence-electron chi connectivity index (χ1n) is 9.51. The van der Waals surface area contributed by atoms with Crippen molar-refractivity contribution in [3.63, 3.8) is 0 Å². The first-order chi connectivity index (χ1) is 14.9. The van der Waals surface area contributed by atoms with Crippen molar-refractivity contribution in [1.82, 2.24) is 15.0 Å². The Hall–Kier alpha value is -3.74. The molecule has 0 radical (unpaired) electrons.